The molecule has 0 saturated heterocycles. The van der Waals surface area contributed by atoms with Gasteiger partial charge in [-0.05, 0) is 62.1 Å². The zero-order chi connectivity index (χ0) is 26.2. The van der Waals surface area contributed by atoms with Crippen molar-refractivity contribution in [2.75, 3.05) is 7.11 Å². The number of phenolic OH excluding ortho intramolecular Hbond substituents is 1. The highest BCUT2D eigenvalue weighted by atomic mass is 16.5. The fraction of sp³-hybridized carbons (Fsp3) is 0.552. The minimum atomic E-state index is -1.16. The Morgan fingerprint density at radius 2 is 1.80 bits per heavy atom. The number of Topliss-reactive ketones (excluding diaryl/α,β-unsaturated/α-hetero) is 3. The van der Waals surface area contributed by atoms with E-state index in [2.05, 4.69) is 0 Å². The van der Waals surface area contributed by atoms with Crippen molar-refractivity contribution in [3.8, 4) is 5.75 Å². The number of ether oxygens (including phenoxy) is 1. The summed E-state index contributed by atoms with van der Waals surface area (Å²) in [4.78, 5) is 40.6. The van der Waals surface area contributed by atoms with Crippen molar-refractivity contribution in [1.29, 1.82) is 0 Å². The number of allylic oxidation sites excluding steroid dienone is 4. The second-order valence-electron chi connectivity index (χ2n) is 11.7. The first-order chi connectivity index (χ1) is 16.2. The number of aliphatic hydroxyl groups excluding tert-OH is 1. The number of hydrogen-bond donors (Lipinski definition) is 2. The van der Waals surface area contributed by atoms with Crippen molar-refractivity contribution < 1.29 is 29.3 Å². The number of benzene rings is 1. The van der Waals surface area contributed by atoms with Gasteiger partial charge in [-0.15, -0.1) is 0 Å². The largest absolute Gasteiger partial charge is 0.511 e. The van der Waals surface area contributed by atoms with E-state index in [9.17, 15) is 24.6 Å². The summed E-state index contributed by atoms with van der Waals surface area (Å²) in [5.41, 5.74) is 0.394. The van der Waals surface area contributed by atoms with Crippen LogP contribution in [0.4, 0.5) is 0 Å². The lowest BCUT2D eigenvalue weighted by atomic mass is 9.39. The van der Waals surface area contributed by atoms with Crippen molar-refractivity contribution in [3.05, 3.63) is 51.3 Å². The average Bonchev–Trinajstić information content (AvgIpc) is 2.72. The highest BCUT2D eigenvalue weighted by Gasteiger charge is 2.67. The minimum absolute atomic E-state index is 0.0422. The number of rotatable bonds is 4. The summed E-state index contributed by atoms with van der Waals surface area (Å²) in [7, 11) is 1.59. The number of fused-ring (bicyclic) bond motifs is 3. The number of methoxy groups -OCH3 is 1. The van der Waals surface area contributed by atoms with Gasteiger partial charge >= 0.3 is 0 Å². The Morgan fingerprint density at radius 3 is 2.34 bits per heavy atom. The zero-order valence-electron chi connectivity index (χ0n) is 22.0. The van der Waals surface area contributed by atoms with E-state index in [4.69, 9.17) is 4.74 Å². The molecule has 3 aliphatic rings. The van der Waals surface area contributed by atoms with Gasteiger partial charge in [-0.1, -0.05) is 39.3 Å². The molecule has 0 saturated carbocycles. The quantitative estimate of drug-likeness (QED) is 0.569. The van der Waals surface area contributed by atoms with Crippen molar-refractivity contribution in [2.24, 2.45) is 28.1 Å². The van der Waals surface area contributed by atoms with Gasteiger partial charge in [-0.2, -0.15) is 0 Å². The number of ketones is 3. The van der Waals surface area contributed by atoms with Gasteiger partial charge in [0, 0.05) is 24.0 Å². The first kappa shape index (κ1) is 25.4. The van der Waals surface area contributed by atoms with Crippen LogP contribution in [0.3, 0.4) is 0 Å². The van der Waals surface area contributed by atoms with Gasteiger partial charge in [0.25, 0.3) is 0 Å². The molecule has 0 bridgehead atoms. The maximum atomic E-state index is 14.1. The Kier molecular flexibility index (Phi) is 5.72. The van der Waals surface area contributed by atoms with E-state index in [-0.39, 0.29) is 34.3 Å². The van der Waals surface area contributed by atoms with Crippen molar-refractivity contribution in [1.82, 2.24) is 0 Å². The lowest BCUT2D eigenvalue weighted by molar-refractivity contribution is -0.141. The van der Waals surface area contributed by atoms with E-state index in [1.165, 1.54) is 13.0 Å². The molecule has 6 heteroatoms. The monoisotopic (exact) mass is 480 g/mol. The molecule has 0 radical (unpaired) electrons. The van der Waals surface area contributed by atoms with Crippen molar-refractivity contribution in [2.45, 2.75) is 67.9 Å². The Balaban J connectivity index is 2.07. The van der Waals surface area contributed by atoms with Crippen LogP contribution in [0.25, 0.3) is 0 Å². The van der Waals surface area contributed by atoms with Crippen molar-refractivity contribution in [3.63, 3.8) is 0 Å². The molecule has 35 heavy (non-hydrogen) atoms. The number of aliphatic hydroxyl groups is 1. The maximum Gasteiger partial charge on any atom is 0.193 e. The summed E-state index contributed by atoms with van der Waals surface area (Å²) in [6.07, 6.45) is 0.975. The number of aromatic hydroxyl groups is 1. The molecule has 0 amide bonds. The lowest BCUT2D eigenvalue weighted by Crippen LogP contribution is -2.61. The third kappa shape index (κ3) is 3.08. The molecule has 4 atom stereocenters. The second-order valence-corrected chi connectivity index (χ2v) is 11.7. The SMILES string of the molecule is COCc1ccc(O)c2c1C[C@]1(C)C[C@]3(C)C(C(C)C)C(O)=C(C(C)=O)C(=O)[C@]3(C)C(C)=C1C2=O. The average molecular weight is 481 g/mol. The number of carbonyl (C=O) groups excluding carboxylic acids is 3. The van der Waals surface area contributed by atoms with E-state index in [0.717, 1.165) is 11.1 Å². The first-order valence-electron chi connectivity index (χ1n) is 12.3. The van der Waals surface area contributed by atoms with Gasteiger partial charge in [-0.3, -0.25) is 14.4 Å². The molecule has 1 aromatic carbocycles. The Morgan fingerprint density at radius 1 is 1.17 bits per heavy atom. The van der Waals surface area contributed by atoms with E-state index in [1.807, 2.05) is 41.5 Å². The summed E-state index contributed by atoms with van der Waals surface area (Å²) in [6, 6.07) is 3.31. The summed E-state index contributed by atoms with van der Waals surface area (Å²) in [6.45, 7) is 13.3. The summed E-state index contributed by atoms with van der Waals surface area (Å²) in [5.74, 6) is -1.85. The molecule has 0 aromatic heterocycles. The molecular weight excluding hydrogens is 444 g/mol. The fourth-order valence-corrected chi connectivity index (χ4v) is 7.81. The summed E-state index contributed by atoms with van der Waals surface area (Å²) in [5, 5.41) is 22.0. The van der Waals surface area contributed by atoms with E-state index in [1.54, 1.807) is 13.2 Å². The molecule has 1 unspecified atom stereocenters. The summed E-state index contributed by atoms with van der Waals surface area (Å²) < 4.78 is 5.37. The van der Waals surface area contributed by atoms with Gasteiger partial charge in [-0.25, -0.2) is 0 Å². The standard InChI is InChI=1S/C29H36O6/c1-14(2)22-24(32)20(16(4)30)26(34)29(7)15(3)23-25(33)21-18(11-27(23,5)13-28(22,29)6)17(12-35-8)9-10-19(21)31/h9-10,14,22,31-32H,11-13H2,1-8H3/t22?,27-,28-,29+/m1/s1. The molecule has 0 heterocycles. The molecule has 0 aliphatic heterocycles. The Bertz CT molecular complexity index is 1230. The molecule has 0 fully saturated rings. The van der Waals surface area contributed by atoms with Crippen LogP contribution in [0.15, 0.2) is 34.6 Å². The van der Waals surface area contributed by atoms with Crippen LogP contribution < -0.4 is 0 Å². The highest BCUT2D eigenvalue weighted by molar-refractivity contribution is 6.24. The first-order valence-corrected chi connectivity index (χ1v) is 12.3. The van der Waals surface area contributed by atoms with E-state index in [0.29, 0.717) is 30.6 Å². The van der Waals surface area contributed by atoms with Crippen molar-refractivity contribution >= 4 is 17.3 Å². The molecule has 0 spiro atoms. The van der Waals surface area contributed by atoms with Gasteiger partial charge in [0.2, 0.25) is 0 Å². The zero-order valence-corrected chi connectivity index (χ0v) is 22.0. The van der Waals surface area contributed by atoms with Crippen LogP contribution in [0.2, 0.25) is 0 Å². The van der Waals surface area contributed by atoms with Gasteiger partial charge in [0.1, 0.15) is 11.5 Å². The number of hydrogen-bond acceptors (Lipinski definition) is 6. The Labute approximate surface area is 207 Å². The van der Waals surface area contributed by atoms with Crippen LogP contribution in [0.1, 0.15) is 76.4 Å². The molecule has 6 nitrogen and oxygen atoms in total. The summed E-state index contributed by atoms with van der Waals surface area (Å²) >= 11 is 0. The molecular formula is C29H36O6. The van der Waals surface area contributed by atoms with E-state index < -0.39 is 33.7 Å². The predicted octanol–water partition coefficient (Wildman–Crippen LogP) is 5.27. The van der Waals surface area contributed by atoms with Crippen LogP contribution in [0, 0.1) is 28.1 Å². The van der Waals surface area contributed by atoms with Gasteiger partial charge in [0.05, 0.1) is 23.2 Å². The van der Waals surface area contributed by atoms with E-state index >= 15 is 0 Å². The van der Waals surface area contributed by atoms with Crippen LogP contribution in [-0.2, 0) is 27.4 Å². The minimum Gasteiger partial charge on any atom is -0.511 e. The predicted molar refractivity (Wildman–Crippen MR) is 132 cm³/mol. The van der Waals surface area contributed by atoms with Crippen LogP contribution in [0.5, 0.6) is 5.75 Å². The number of carbonyl (C=O) groups is 3. The highest BCUT2D eigenvalue weighted by Crippen LogP contribution is 2.68. The second kappa shape index (κ2) is 7.89. The third-order valence-electron chi connectivity index (χ3n) is 9.27. The maximum absolute atomic E-state index is 14.1. The molecule has 2 N–H and O–H groups in total. The molecule has 4 rings (SSSR count). The lowest BCUT2D eigenvalue weighted by Gasteiger charge is -2.62. The smallest absolute Gasteiger partial charge is 0.193 e. The molecule has 188 valence electrons. The van der Waals surface area contributed by atoms with Crippen LogP contribution >= 0.6 is 0 Å². The fourth-order valence-electron chi connectivity index (χ4n) is 7.81. The molecule has 1 aromatic rings. The Hall–Kier alpha value is -2.73. The third-order valence-corrected chi connectivity index (χ3v) is 9.27. The van der Waals surface area contributed by atoms with Gasteiger partial charge in [0.15, 0.2) is 17.3 Å². The van der Waals surface area contributed by atoms with Gasteiger partial charge < -0.3 is 14.9 Å². The number of phenols is 1. The van der Waals surface area contributed by atoms with Crippen LogP contribution in [-0.4, -0.2) is 34.7 Å². The molecule has 3 aliphatic carbocycles. The topological polar surface area (TPSA) is 101 Å². The normalized spacial score (nSPS) is 32.5.